The maximum absolute atomic E-state index is 12.3. The molecule has 132 valence electrons. The lowest BCUT2D eigenvalue weighted by Gasteiger charge is -2.09. The second kappa shape index (κ2) is 7.52. The van der Waals surface area contributed by atoms with E-state index in [9.17, 15) is 10.0 Å². The third kappa shape index (κ3) is 3.72. The number of rotatable bonds is 5. The molecule has 2 aromatic carbocycles. The van der Waals surface area contributed by atoms with Gasteiger partial charge in [0, 0.05) is 5.56 Å². The molecule has 1 heterocycles. The van der Waals surface area contributed by atoms with Gasteiger partial charge in [-0.1, -0.05) is 30.3 Å². The number of carbonyl (C=O) groups is 1. The molecule has 1 aromatic heterocycles. The maximum atomic E-state index is 12.3. The lowest BCUT2D eigenvalue weighted by molar-refractivity contribution is 0.0455. The number of benzene rings is 2. The largest absolute Gasteiger partial charge is 0.497 e. The monoisotopic (exact) mass is 351 g/mol. The fraction of sp³-hybridized carbons (Fsp3) is 0.105. The molecule has 0 aliphatic carbocycles. The molecule has 3 aromatic rings. The number of methoxy groups -OCH3 is 1. The molecular weight excluding hydrogens is 334 g/mol. The summed E-state index contributed by atoms with van der Waals surface area (Å²) < 4.78 is 10.9. The Hall–Kier alpha value is -3.61. The van der Waals surface area contributed by atoms with Gasteiger partial charge in [-0.15, -0.1) is 0 Å². The molecule has 0 unspecified atom stereocenters. The summed E-state index contributed by atoms with van der Waals surface area (Å²) in [6, 6.07) is 16.1. The molecule has 0 bridgehead atoms. The van der Waals surface area contributed by atoms with E-state index < -0.39 is 11.5 Å². The highest BCUT2D eigenvalue weighted by atomic mass is 16.5. The number of nitrogens with one attached hydrogen (secondary N) is 1. The second-order valence-electron chi connectivity index (χ2n) is 5.46. The summed E-state index contributed by atoms with van der Waals surface area (Å²) in [7, 11) is 1.56. The van der Waals surface area contributed by atoms with Gasteiger partial charge in [0.2, 0.25) is 0 Å². The number of hydrogen-bond donors (Lipinski definition) is 2. The van der Waals surface area contributed by atoms with E-state index in [-0.39, 0.29) is 12.3 Å². The van der Waals surface area contributed by atoms with Crippen LogP contribution in [0, 0.1) is 5.41 Å². The summed E-state index contributed by atoms with van der Waals surface area (Å²) in [5.74, 6) is -0.109. The summed E-state index contributed by atoms with van der Waals surface area (Å²) in [6.45, 7) is 0.0545. The first-order valence-electron chi connectivity index (χ1n) is 7.81. The zero-order valence-corrected chi connectivity index (χ0v) is 14.0. The van der Waals surface area contributed by atoms with Crippen LogP contribution in [0.1, 0.15) is 16.1 Å². The lowest BCUT2D eigenvalue weighted by atomic mass is 10.1. The number of ether oxygens (including phenoxy) is 2. The highest BCUT2D eigenvalue weighted by Gasteiger charge is 2.16. The van der Waals surface area contributed by atoms with Crippen molar-refractivity contribution in [1.82, 2.24) is 9.71 Å². The van der Waals surface area contributed by atoms with Crippen molar-refractivity contribution in [1.29, 1.82) is 5.41 Å². The van der Waals surface area contributed by atoms with E-state index >= 15 is 0 Å². The van der Waals surface area contributed by atoms with Gasteiger partial charge in [0.25, 0.3) is 0 Å². The number of hydrogen-bond acceptors (Lipinski definition) is 6. The van der Waals surface area contributed by atoms with Crippen LogP contribution in [0.5, 0.6) is 5.75 Å². The van der Waals surface area contributed by atoms with Gasteiger partial charge in [0.15, 0.2) is 11.2 Å². The van der Waals surface area contributed by atoms with Gasteiger partial charge < -0.3 is 14.7 Å². The smallest absolute Gasteiger partial charge is 0.361 e. The van der Waals surface area contributed by atoms with Crippen LogP contribution in [0.15, 0.2) is 60.8 Å². The number of nitrogens with zero attached hydrogens (tertiary/aromatic N) is 2. The van der Waals surface area contributed by atoms with E-state index in [0.717, 1.165) is 5.56 Å². The quantitative estimate of drug-likeness (QED) is 0.544. The third-order valence-electron chi connectivity index (χ3n) is 3.72. The van der Waals surface area contributed by atoms with Gasteiger partial charge in [0.05, 0.1) is 19.0 Å². The molecule has 7 heteroatoms. The van der Waals surface area contributed by atoms with E-state index in [2.05, 4.69) is 4.98 Å². The Morgan fingerprint density at radius 2 is 1.85 bits per heavy atom. The van der Waals surface area contributed by atoms with Crippen LogP contribution in [0.4, 0.5) is 0 Å². The second-order valence-corrected chi connectivity index (χ2v) is 5.46. The number of aromatic nitrogens is 2. The van der Waals surface area contributed by atoms with Crippen LogP contribution in [-0.2, 0) is 11.3 Å². The van der Waals surface area contributed by atoms with Crippen molar-refractivity contribution in [3.05, 3.63) is 77.5 Å². The first-order chi connectivity index (χ1) is 12.6. The summed E-state index contributed by atoms with van der Waals surface area (Å²) >= 11 is 0. The molecule has 0 spiro atoms. The Balaban J connectivity index is 1.87. The molecule has 0 fully saturated rings. The molecule has 0 amide bonds. The van der Waals surface area contributed by atoms with Crippen LogP contribution in [0.3, 0.4) is 0 Å². The van der Waals surface area contributed by atoms with Gasteiger partial charge >= 0.3 is 5.97 Å². The van der Waals surface area contributed by atoms with Gasteiger partial charge in [-0.05, 0) is 29.8 Å². The summed E-state index contributed by atoms with van der Waals surface area (Å²) in [5.41, 5.74) is 1.09. The average Bonchev–Trinajstić information content (AvgIpc) is 2.69. The minimum Gasteiger partial charge on any atom is -0.497 e. The highest BCUT2D eigenvalue weighted by Crippen LogP contribution is 2.20. The molecule has 0 saturated heterocycles. The van der Waals surface area contributed by atoms with Crippen molar-refractivity contribution in [3.8, 4) is 17.0 Å². The molecule has 2 N–H and O–H groups in total. The summed E-state index contributed by atoms with van der Waals surface area (Å²) in [6.07, 6.45) is 1.26. The van der Waals surface area contributed by atoms with Crippen molar-refractivity contribution in [2.45, 2.75) is 6.61 Å². The van der Waals surface area contributed by atoms with Crippen molar-refractivity contribution in [3.63, 3.8) is 0 Å². The van der Waals surface area contributed by atoms with Crippen LogP contribution in [0.2, 0.25) is 0 Å². The fourth-order valence-corrected chi connectivity index (χ4v) is 2.33. The molecule has 7 nitrogen and oxygen atoms in total. The Labute approximate surface area is 149 Å². The van der Waals surface area contributed by atoms with E-state index in [1.165, 1.54) is 6.20 Å². The average molecular weight is 351 g/mol. The van der Waals surface area contributed by atoms with E-state index in [4.69, 9.17) is 14.9 Å². The van der Waals surface area contributed by atoms with E-state index in [1.807, 2.05) is 30.3 Å². The van der Waals surface area contributed by atoms with Gasteiger partial charge in [0.1, 0.15) is 12.4 Å². The van der Waals surface area contributed by atoms with Crippen LogP contribution in [0.25, 0.3) is 11.3 Å². The van der Waals surface area contributed by atoms with Gasteiger partial charge in [-0.2, -0.15) is 4.73 Å². The predicted octanol–water partition coefficient (Wildman–Crippen LogP) is 2.63. The normalized spacial score (nSPS) is 10.3. The van der Waals surface area contributed by atoms with E-state index in [0.29, 0.717) is 21.7 Å². The van der Waals surface area contributed by atoms with Crippen molar-refractivity contribution < 1.29 is 19.5 Å². The minimum absolute atomic E-state index is 0.0545. The Kier molecular flexibility index (Phi) is 4.98. The van der Waals surface area contributed by atoms with Crippen LogP contribution < -0.4 is 10.2 Å². The molecular formula is C19H17N3O4. The standard InChI is InChI=1S/C19H17N3O4/c1-25-15-9-7-14(8-10-15)16-11-22(24)18(20)17(21-16)19(23)26-12-13-5-3-2-4-6-13/h2-11,20,24H,12H2,1H3. The predicted molar refractivity (Wildman–Crippen MR) is 92.8 cm³/mol. The molecule has 3 rings (SSSR count). The number of carbonyl (C=O) groups excluding carboxylic acids is 1. The maximum Gasteiger partial charge on any atom is 0.361 e. The topological polar surface area (TPSA) is 97.4 Å². The fourth-order valence-electron chi connectivity index (χ4n) is 2.33. The van der Waals surface area contributed by atoms with Crippen LogP contribution >= 0.6 is 0 Å². The Morgan fingerprint density at radius 1 is 1.15 bits per heavy atom. The molecule has 0 radical (unpaired) electrons. The highest BCUT2D eigenvalue weighted by molar-refractivity contribution is 5.87. The molecule has 0 aliphatic rings. The third-order valence-corrected chi connectivity index (χ3v) is 3.72. The molecule has 0 saturated carbocycles. The van der Waals surface area contributed by atoms with Crippen molar-refractivity contribution in [2.75, 3.05) is 7.11 Å². The molecule has 0 aliphatic heterocycles. The van der Waals surface area contributed by atoms with Gasteiger partial charge in [-0.3, -0.25) is 5.41 Å². The zero-order chi connectivity index (χ0) is 18.5. The van der Waals surface area contributed by atoms with Crippen LogP contribution in [-0.4, -0.2) is 28.0 Å². The van der Waals surface area contributed by atoms with Crippen molar-refractivity contribution in [2.24, 2.45) is 0 Å². The minimum atomic E-state index is -0.781. The lowest BCUT2D eigenvalue weighted by Crippen LogP contribution is -2.28. The van der Waals surface area contributed by atoms with Crippen molar-refractivity contribution >= 4 is 5.97 Å². The summed E-state index contributed by atoms with van der Waals surface area (Å²) in [4.78, 5) is 16.5. The van der Waals surface area contributed by atoms with Gasteiger partial charge in [-0.25, -0.2) is 9.78 Å². The first-order valence-corrected chi connectivity index (χ1v) is 7.81. The Morgan fingerprint density at radius 3 is 2.50 bits per heavy atom. The number of esters is 1. The zero-order valence-electron chi connectivity index (χ0n) is 14.0. The SMILES string of the molecule is COc1ccc(-c2cn(O)c(=N)c(C(=O)OCc3ccccc3)n2)cc1. The first kappa shape index (κ1) is 17.2. The summed E-state index contributed by atoms with van der Waals surface area (Å²) in [5, 5.41) is 17.8. The molecule has 0 atom stereocenters. The molecule has 26 heavy (non-hydrogen) atoms. The van der Waals surface area contributed by atoms with E-state index in [1.54, 1.807) is 31.4 Å². The Bertz CT molecular complexity index is 966.